The first-order chi connectivity index (χ1) is 10.5. The topological polar surface area (TPSA) is 123 Å². The highest BCUT2D eigenvalue weighted by Crippen LogP contribution is 2.14. The normalized spacial score (nSPS) is 11.0. The molecule has 112 valence electrons. The van der Waals surface area contributed by atoms with E-state index in [9.17, 15) is 19.7 Å². The van der Waals surface area contributed by atoms with E-state index in [0.717, 1.165) is 12.1 Å². The first-order valence-corrected chi connectivity index (χ1v) is 6.01. The number of amides is 1. The van der Waals surface area contributed by atoms with Gasteiger partial charge in [0.2, 0.25) is 0 Å². The molecule has 0 saturated carbocycles. The Morgan fingerprint density at radius 2 is 2.05 bits per heavy atom. The van der Waals surface area contributed by atoms with Gasteiger partial charge >= 0.3 is 5.97 Å². The second-order valence-corrected chi connectivity index (χ2v) is 4.14. The smallest absolute Gasteiger partial charge is 0.352 e. The van der Waals surface area contributed by atoms with Gasteiger partial charge < -0.3 is 14.8 Å². The molecule has 0 spiro atoms. The number of nitro groups is 1. The molecule has 2 aromatic rings. The Labute approximate surface area is 123 Å². The second kappa shape index (κ2) is 6.35. The maximum atomic E-state index is 12.0. The summed E-state index contributed by atoms with van der Waals surface area (Å²) in [7, 11) is 0. The first kappa shape index (κ1) is 15.0. The van der Waals surface area contributed by atoms with Gasteiger partial charge in [-0.05, 0) is 18.2 Å². The Hall–Kier alpha value is -3.42. The average Bonchev–Trinajstić information content (AvgIpc) is 2.99. The number of furan rings is 1. The van der Waals surface area contributed by atoms with Crippen molar-refractivity contribution in [3.05, 3.63) is 69.8 Å². The van der Waals surface area contributed by atoms with Crippen LogP contribution in [0.25, 0.3) is 6.08 Å². The average molecular weight is 302 g/mol. The highest BCUT2D eigenvalue weighted by Gasteiger charge is 2.16. The lowest BCUT2D eigenvalue weighted by Gasteiger charge is -2.05. The molecule has 0 saturated heterocycles. The van der Waals surface area contributed by atoms with Crippen molar-refractivity contribution < 1.29 is 24.0 Å². The number of non-ortho nitro benzene ring substituents is 1. The molecule has 0 aliphatic carbocycles. The van der Waals surface area contributed by atoms with E-state index in [1.807, 2.05) is 0 Å². The van der Waals surface area contributed by atoms with Crippen LogP contribution in [0, 0.1) is 10.1 Å². The minimum Gasteiger partial charge on any atom is -0.477 e. The summed E-state index contributed by atoms with van der Waals surface area (Å²) in [5.41, 5.74) is -0.702. The van der Waals surface area contributed by atoms with Crippen LogP contribution in [-0.4, -0.2) is 21.9 Å². The van der Waals surface area contributed by atoms with E-state index in [1.54, 1.807) is 6.07 Å². The van der Waals surface area contributed by atoms with Crippen LogP contribution in [0.4, 0.5) is 5.69 Å². The third kappa shape index (κ3) is 3.57. The van der Waals surface area contributed by atoms with Crippen LogP contribution in [0.2, 0.25) is 0 Å². The fourth-order valence-corrected chi connectivity index (χ4v) is 1.62. The number of carboxylic acid groups (broad SMARTS) is 1. The Morgan fingerprint density at radius 1 is 1.27 bits per heavy atom. The lowest BCUT2D eigenvalue weighted by Crippen LogP contribution is -2.27. The number of benzene rings is 1. The predicted molar refractivity (Wildman–Crippen MR) is 74.9 cm³/mol. The molecular formula is C14H10N2O6. The zero-order valence-electron chi connectivity index (χ0n) is 11.1. The van der Waals surface area contributed by atoms with E-state index in [-0.39, 0.29) is 17.0 Å². The monoisotopic (exact) mass is 302 g/mol. The predicted octanol–water partition coefficient (Wildman–Crippen LogP) is 2.04. The van der Waals surface area contributed by atoms with Gasteiger partial charge in [0.1, 0.15) is 11.5 Å². The summed E-state index contributed by atoms with van der Waals surface area (Å²) < 4.78 is 4.97. The van der Waals surface area contributed by atoms with E-state index in [4.69, 9.17) is 9.52 Å². The minimum atomic E-state index is -1.37. The van der Waals surface area contributed by atoms with E-state index in [1.165, 1.54) is 30.5 Å². The summed E-state index contributed by atoms with van der Waals surface area (Å²) >= 11 is 0. The van der Waals surface area contributed by atoms with Gasteiger partial charge in [0, 0.05) is 23.8 Å². The van der Waals surface area contributed by atoms with Crippen LogP contribution in [0.5, 0.6) is 0 Å². The van der Waals surface area contributed by atoms with Gasteiger partial charge in [0.15, 0.2) is 0 Å². The van der Waals surface area contributed by atoms with Gasteiger partial charge in [-0.3, -0.25) is 14.9 Å². The Balaban J connectivity index is 2.24. The van der Waals surface area contributed by atoms with Crippen LogP contribution in [-0.2, 0) is 4.79 Å². The van der Waals surface area contributed by atoms with Gasteiger partial charge in [-0.15, -0.1) is 0 Å². The zero-order valence-corrected chi connectivity index (χ0v) is 11.1. The van der Waals surface area contributed by atoms with Crippen molar-refractivity contribution in [2.45, 2.75) is 0 Å². The van der Waals surface area contributed by atoms with Crippen LogP contribution < -0.4 is 5.32 Å². The van der Waals surface area contributed by atoms with E-state index in [0.29, 0.717) is 0 Å². The fraction of sp³-hybridized carbons (Fsp3) is 0. The van der Waals surface area contributed by atoms with Gasteiger partial charge in [0.05, 0.1) is 11.2 Å². The number of nitrogens with zero attached hydrogens (tertiary/aromatic N) is 1. The summed E-state index contributed by atoms with van der Waals surface area (Å²) in [6, 6.07) is 8.05. The van der Waals surface area contributed by atoms with E-state index >= 15 is 0 Å². The minimum absolute atomic E-state index is 0.0270. The summed E-state index contributed by atoms with van der Waals surface area (Å²) in [6.07, 6.45) is 2.49. The van der Waals surface area contributed by atoms with Crippen molar-refractivity contribution in [1.29, 1.82) is 0 Å². The van der Waals surface area contributed by atoms with E-state index in [2.05, 4.69) is 5.32 Å². The van der Waals surface area contributed by atoms with Crippen molar-refractivity contribution >= 4 is 23.6 Å². The number of hydrogen-bond donors (Lipinski definition) is 2. The van der Waals surface area contributed by atoms with Gasteiger partial charge in [-0.1, -0.05) is 6.07 Å². The number of nitrogens with one attached hydrogen (secondary N) is 1. The van der Waals surface area contributed by atoms with Crippen molar-refractivity contribution in [3.63, 3.8) is 0 Å². The molecule has 1 aromatic heterocycles. The highest BCUT2D eigenvalue weighted by molar-refractivity contribution is 6.02. The molecule has 1 aromatic carbocycles. The summed E-state index contributed by atoms with van der Waals surface area (Å²) in [6.45, 7) is 0. The molecule has 0 fully saturated rings. The Kier molecular flexibility index (Phi) is 4.33. The molecule has 0 bridgehead atoms. The molecule has 0 aliphatic rings. The largest absolute Gasteiger partial charge is 0.477 e. The highest BCUT2D eigenvalue weighted by atomic mass is 16.6. The molecule has 2 rings (SSSR count). The van der Waals surface area contributed by atoms with Crippen molar-refractivity contribution in [2.24, 2.45) is 0 Å². The molecular weight excluding hydrogens is 292 g/mol. The zero-order chi connectivity index (χ0) is 16.1. The van der Waals surface area contributed by atoms with Crippen molar-refractivity contribution in [3.8, 4) is 0 Å². The maximum absolute atomic E-state index is 12.0. The van der Waals surface area contributed by atoms with Crippen molar-refractivity contribution in [2.75, 3.05) is 0 Å². The number of carbonyl (C=O) groups is 2. The molecule has 2 N–H and O–H groups in total. The Bertz CT molecular complexity index is 748. The summed E-state index contributed by atoms with van der Waals surface area (Å²) in [5, 5.41) is 21.9. The quantitative estimate of drug-likeness (QED) is 0.495. The molecule has 1 amide bonds. The number of nitro benzene ring substituents is 1. The molecule has 8 nitrogen and oxygen atoms in total. The number of carbonyl (C=O) groups excluding carboxylic acids is 1. The van der Waals surface area contributed by atoms with Crippen LogP contribution in [0.1, 0.15) is 16.1 Å². The fourth-order valence-electron chi connectivity index (χ4n) is 1.62. The molecule has 8 heteroatoms. The Morgan fingerprint density at radius 3 is 2.64 bits per heavy atom. The third-order valence-corrected chi connectivity index (χ3v) is 2.63. The van der Waals surface area contributed by atoms with Gasteiger partial charge in [-0.25, -0.2) is 4.79 Å². The molecule has 0 unspecified atom stereocenters. The summed E-state index contributed by atoms with van der Waals surface area (Å²) in [5.74, 6) is -1.89. The third-order valence-electron chi connectivity index (χ3n) is 2.63. The number of rotatable bonds is 5. The maximum Gasteiger partial charge on any atom is 0.352 e. The van der Waals surface area contributed by atoms with E-state index < -0.39 is 22.5 Å². The lowest BCUT2D eigenvalue weighted by atomic mass is 10.2. The van der Waals surface area contributed by atoms with Crippen LogP contribution in [0.3, 0.4) is 0 Å². The first-order valence-electron chi connectivity index (χ1n) is 6.01. The number of aliphatic carboxylic acids is 1. The van der Waals surface area contributed by atoms with Crippen LogP contribution >= 0.6 is 0 Å². The molecule has 22 heavy (non-hydrogen) atoms. The summed E-state index contributed by atoms with van der Waals surface area (Å²) in [4.78, 5) is 33.2. The molecule has 0 atom stereocenters. The van der Waals surface area contributed by atoms with Gasteiger partial charge in [-0.2, -0.15) is 0 Å². The number of hydrogen-bond acceptors (Lipinski definition) is 5. The standard InChI is InChI=1S/C14H10N2O6/c17-13(9-3-1-4-10(7-9)16(20)21)15-12(14(18)19)8-11-5-2-6-22-11/h1-8H,(H,15,17)(H,18,19)/b12-8+. The van der Waals surface area contributed by atoms with Crippen molar-refractivity contribution in [1.82, 2.24) is 5.32 Å². The van der Waals surface area contributed by atoms with Crippen LogP contribution in [0.15, 0.2) is 52.8 Å². The molecule has 0 aliphatic heterocycles. The number of carboxylic acids is 1. The lowest BCUT2D eigenvalue weighted by molar-refractivity contribution is -0.384. The second-order valence-electron chi connectivity index (χ2n) is 4.14. The van der Waals surface area contributed by atoms with Gasteiger partial charge in [0.25, 0.3) is 11.6 Å². The molecule has 1 heterocycles. The SMILES string of the molecule is O=C(O)/C(=C\c1ccco1)NC(=O)c1cccc([N+](=O)[O-])c1. The molecule has 0 radical (unpaired) electrons.